The molecule has 138 valence electrons. The highest BCUT2D eigenvalue weighted by atomic mass is 16.7. The SMILES string of the molecule is CC=CCCCCC(CC)C(=O)OC1(O)CCCC12CCNCC2. The Labute approximate surface area is 147 Å². The maximum Gasteiger partial charge on any atom is 0.311 e. The zero-order valence-electron chi connectivity index (χ0n) is 15.5. The minimum atomic E-state index is -1.25. The van der Waals surface area contributed by atoms with Crippen LogP contribution in [0.15, 0.2) is 12.2 Å². The molecule has 1 heterocycles. The molecule has 1 spiro atoms. The Morgan fingerprint density at radius 3 is 2.67 bits per heavy atom. The number of piperidine rings is 1. The first-order valence-corrected chi connectivity index (χ1v) is 9.84. The summed E-state index contributed by atoms with van der Waals surface area (Å²) in [4.78, 5) is 12.7. The Morgan fingerprint density at radius 1 is 1.25 bits per heavy atom. The number of nitrogens with one attached hydrogen (secondary N) is 1. The predicted octanol–water partition coefficient (Wildman–Crippen LogP) is 3.93. The van der Waals surface area contributed by atoms with Gasteiger partial charge in [0.1, 0.15) is 0 Å². The fraction of sp³-hybridized carbons (Fsp3) is 0.850. The lowest BCUT2D eigenvalue weighted by atomic mass is 9.73. The van der Waals surface area contributed by atoms with E-state index in [1.54, 1.807) is 0 Å². The minimum absolute atomic E-state index is 0.0843. The summed E-state index contributed by atoms with van der Waals surface area (Å²) in [5.41, 5.74) is -0.224. The summed E-state index contributed by atoms with van der Waals surface area (Å²) >= 11 is 0. The van der Waals surface area contributed by atoms with E-state index in [0.29, 0.717) is 6.42 Å². The number of hydrogen-bond acceptors (Lipinski definition) is 4. The zero-order valence-corrected chi connectivity index (χ0v) is 15.5. The van der Waals surface area contributed by atoms with E-state index < -0.39 is 5.79 Å². The summed E-state index contributed by atoms with van der Waals surface area (Å²) in [6.45, 7) is 5.88. The molecule has 4 heteroatoms. The molecule has 0 bridgehead atoms. The van der Waals surface area contributed by atoms with Crippen molar-refractivity contribution in [2.75, 3.05) is 13.1 Å². The Hall–Kier alpha value is -0.870. The highest BCUT2D eigenvalue weighted by molar-refractivity contribution is 5.72. The van der Waals surface area contributed by atoms with Crippen LogP contribution in [0.4, 0.5) is 0 Å². The number of unbranched alkanes of at least 4 members (excludes halogenated alkanes) is 2. The van der Waals surface area contributed by atoms with Gasteiger partial charge < -0.3 is 15.2 Å². The predicted molar refractivity (Wildman–Crippen MR) is 96.5 cm³/mol. The van der Waals surface area contributed by atoms with Crippen LogP contribution >= 0.6 is 0 Å². The lowest BCUT2D eigenvalue weighted by molar-refractivity contribution is -0.257. The lowest BCUT2D eigenvalue weighted by Gasteiger charge is -2.44. The van der Waals surface area contributed by atoms with Crippen molar-refractivity contribution < 1.29 is 14.6 Å². The first kappa shape index (κ1) is 19.5. The number of aliphatic hydroxyl groups is 1. The van der Waals surface area contributed by atoms with Crippen LogP contribution in [0.5, 0.6) is 0 Å². The van der Waals surface area contributed by atoms with Gasteiger partial charge >= 0.3 is 5.97 Å². The van der Waals surface area contributed by atoms with E-state index in [-0.39, 0.29) is 17.3 Å². The van der Waals surface area contributed by atoms with Crippen LogP contribution in [-0.4, -0.2) is 30.0 Å². The van der Waals surface area contributed by atoms with Crippen molar-refractivity contribution in [3.63, 3.8) is 0 Å². The second-order valence-corrected chi connectivity index (χ2v) is 7.55. The van der Waals surface area contributed by atoms with Crippen LogP contribution in [0.25, 0.3) is 0 Å². The van der Waals surface area contributed by atoms with Gasteiger partial charge in [-0.3, -0.25) is 4.79 Å². The van der Waals surface area contributed by atoms with Crippen LogP contribution in [-0.2, 0) is 9.53 Å². The van der Waals surface area contributed by atoms with Crippen LogP contribution in [0.3, 0.4) is 0 Å². The maximum atomic E-state index is 12.7. The fourth-order valence-corrected chi connectivity index (χ4v) is 4.39. The Balaban J connectivity index is 1.90. The van der Waals surface area contributed by atoms with Crippen molar-refractivity contribution in [2.45, 2.75) is 83.8 Å². The molecular weight excluding hydrogens is 302 g/mol. The highest BCUT2D eigenvalue weighted by Crippen LogP contribution is 2.53. The number of allylic oxidation sites excluding steroid dienone is 2. The molecule has 2 N–H and O–H groups in total. The van der Waals surface area contributed by atoms with Gasteiger partial charge in [-0.1, -0.05) is 25.5 Å². The molecule has 2 fully saturated rings. The van der Waals surface area contributed by atoms with E-state index in [0.717, 1.165) is 70.9 Å². The topological polar surface area (TPSA) is 58.6 Å². The summed E-state index contributed by atoms with van der Waals surface area (Å²) in [5, 5.41) is 14.5. The molecule has 0 radical (unpaired) electrons. The number of carbonyl (C=O) groups is 1. The van der Waals surface area contributed by atoms with Gasteiger partial charge in [0.05, 0.1) is 5.92 Å². The molecule has 0 aromatic rings. The maximum absolute atomic E-state index is 12.7. The van der Waals surface area contributed by atoms with Gasteiger partial charge in [-0.25, -0.2) is 0 Å². The third-order valence-corrected chi connectivity index (χ3v) is 6.06. The molecule has 1 saturated heterocycles. The van der Waals surface area contributed by atoms with Gasteiger partial charge in [-0.2, -0.15) is 0 Å². The van der Waals surface area contributed by atoms with Crippen molar-refractivity contribution in [1.82, 2.24) is 5.32 Å². The Morgan fingerprint density at radius 2 is 2.00 bits per heavy atom. The van der Waals surface area contributed by atoms with E-state index in [9.17, 15) is 9.90 Å². The molecule has 0 aromatic carbocycles. The van der Waals surface area contributed by atoms with Crippen LogP contribution < -0.4 is 5.32 Å². The molecular formula is C20H35NO3. The number of carbonyl (C=O) groups excluding carboxylic acids is 1. The third-order valence-electron chi connectivity index (χ3n) is 6.06. The summed E-state index contributed by atoms with van der Waals surface area (Å²) in [5.74, 6) is -1.52. The van der Waals surface area contributed by atoms with Crippen molar-refractivity contribution in [1.29, 1.82) is 0 Å². The average molecular weight is 338 g/mol. The number of esters is 1. The Bertz CT molecular complexity index is 429. The first-order valence-electron chi connectivity index (χ1n) is 9.84. The standard InChI is InChI=1S/C20H35NO3/c1-3-5-6-7-8-10-17(4-2)18(22)24-20(23)12-9-11-19(20)13-15-21-16-14-19/h3,5,17,21,23H,4,6-16H2,1-2H3. The highest BCUT2D eigenvalue weighted by Gasteiger charge is 2.57. The van der Waals surface area contributed by atoms with Gasteiger partial charge in [0.25, 0.3) is 0 Å². The molecule has 1 saturated carbocycles. The molecule has 0 amide bonds. The third kappa shape index (κ3) is 4.40. The monoisotopic (exact) mass is 337 g/mol. The molecule has 1 aliphatic heterocycles. The normalized spacial score (nSPS) is 27.6. The van der Waals surface area contributed by atoms with Crippen LogP contribution in [0.2, 0.25) is 0 Å². The quantitative estimate of drug-likeness (QED) is 0.305. The lowest BCUT2D eigenvalue weighted by Crippen LogP contribution is -2.53. The van der Waals surface area contributed by atoms with E-state index >= 15 is 0 Å². The largest absolute Gasteiger partial charge is 0.432 e. The van der Waals surface area contributed by atoms with Crippen molar-refractivity contribution in [3.8, 4) is 0 Å². The average Bonchev–Trinajstić information content (AvgIpc) is 2.87. The van der Waals surface area contributed by atoms with Gasteiger partial charge in [0.2, 0.25) is 5.79 Å². The molecule has 24 heavy (non-hydrogen) atoms. The van der Waals surface area contributed by atoms with Crippen molar-refractivity contribution >= 4 is 5.97 Å². The fourth-order valence-electron chi connectivity index (χ4n) is 4.39. The summed E-state index contributed by atoms with van der Waals surface area (Å²) in [6, 6.07) is 0. The molecule has 2 unspecified atom stereocenters. The molecule has 2 aliphatic rings. The van der Waals surface area contributed by atoms with Crippen LogP contribution in [0, 0.1) is 11.3 Å². The van der Waals surface area contributed by atoms with E-state index in [1.165, 1.54) is 0 Å². The molecule has 2 rings (SSSR count). The molecule has 1 aliphatic carbocycles. The summed E-state index contributed by atoms with van der Waals surface area (Å²) in [6.07, 6.45) is 13.4. The molecule has 2 atom stereocenters. The second kappa shape index (κ2) is 9.00. The van der Waals surface area contributed by atoms with Crippen molar-refractivity contribution in [3.05, 3.63) is 12.2 Å². The van der Waals surface area contributed by atoms with Gasteiger partial charge in [0, 0.05) is 11.8 Å². The second-order valence-electron chi connectivity index (χ2n) is 7.55. The van der Waals surface area contributed by atoms with E-state index in [4.69, 9.17) is 4.74 Å². The number of ether oxygens (including phenoxy) is 1. The van der Waals surface area contributed by atoms with Crippen molar-refractivity contribution in [2.24, 2.45) is 11.3 Å². The Kier molecular flexibility index (Phi) is 7.30. The van der Waals surface area contributed by atoms with Gasteiger partial charge in [-0.15, -0.1) is 0 Å². The minimum Gasteiger partial charge on any atom is -0.432 e. The zero-order chi connectivity index (χ0) is 17.5. The van der Waals surface area contributed by atoms with E-state index in [1.807, 2.05) is 13.8 Å². The first-order chi connectivity index (χ1) is 11.6. The van der Waals surface area contributed by atoms with Crippen LogP contribution in [0.1, 0.15) is 78.1 Å². The van der Waals surface area contributed by atoms with E-state index in [2.05, 4.69) is 17.5 Å². The summed E-state index contributed by atoms with van der Waals surface area (Å²) < 4.78 is 5.80. The number of rotatable bonds is 8. The number of hydrogen-bond donors (Lipinski definition) is 2. The smallest absolute Gasteiger partial charge is 0.311 e. The molecule has 4 nitrogen and oxygen atoms in total. The molecule has 0 aromatic heterocycles. The summed E-state index contributed by atoms with van der Waals surface area (Å²) in [7, 11) is 0. The van der Waals surface area contributed by atoms with Gasteiger partial charge in [-0.05, 0) is 71.4 Å². The van der Waals surface area contributed by atoms with Gasteiger partial charge in [0.15, 0.2) is 0 Å².